The summed E-state index contributed by atoms with van der Waals surface area (Å²) in [5.41, 5.74) is 0. The summed E-state index contributed by atoms with van der Waals surface area (Å²) in [6.45, 7) is 14.0. The van der Waals surface area contributed by atoms with Crippen molar-refractivity contribution < 1.29 is 80.2 Å². The van der Waals surface area contributed by atoms with Crippen molar-refractivity contribution in [2.24, 2.45) is 23.7 Å². The van der Waals surface area contributed by atoms with E-state index in [2.05, 4.69) is 55.4 Å². The molecule has 0 aromatic rings. The molecule has 0 aliphatic carbocycles. The van der Waals surface area contributed by atoms with Crippen molar-refractivity contribution in [2.45, 2.75) is 324 Å². The van der Waals surface area contributed by atoms with E-state index in [0.717, 1.165) is 114 Å². The fourth-order valence-electron chi connectivity index (χ4n) is 9.33. The molecule has 0 aromatic carbocycles. The van der Waals surface area contributed by atoms with Gasteiger partial charge in [0.05, 0.1) is 26.4 Å². The molecule has 492 valence electrons. The van der Waals surface area contributed by atoms with Crippen molar-refractivity contribution in [3.63, 3.8) is 0 Å². The molecule has 0 saturated heterocycles. The number of carbonyl (C=O) groups excluding carboxylic acids is 4. The van der Waals surface area contributed by atoms with E-state index in [9.17, 15) is 43.2 Å². The first-order chi connectivity index (χ1) is 39.7. The smallest absolute Gasteiger partial charge is 0.462 e. The van der Waals surface area contributed by atoms with E-state index in [1.807, 2.05) is 0 Å². The van der Waals surface area contributed by atoms with E-state index in [1.54, 1.807) is 0 Å². The van der Waals surface area contributed by atoms with Crippen molar-refractivity contribution in [3.8, 4) is 0 Å². The van der Waals surface area contributed by atoms with Gasteiger partial charge in [-0.1, -0.05) is 254 Å². The maximum atomic E-state index is 13.0. The molecular formula is C64H124O17P2. The first-order valence-electron chi connectivity index (χ1n) is 33.3. The van der Waals surface area contributed by atoms with Crippen LogP contribution in [0.3, 0.4) is 0 Å². The molecule has 8 atom stereocenters. The first-order valence-corrected chi connectivity index (χ1v) is 36.3. The number of carbonyl (C=O) groups is 4. The van der Waals surface area contributed by atoms with Crippen LogP contribution in [0.15, 0.2) is 0 Å². The summed E-state index contributed by atoms with van der Waals surface area (Å²) in [6.07, 6.45) is 33.5. The molecule has 0 aliphatic heterocycles. The van der Waals surface area contributed by atoms with Crippen LogP contribution >= 0.6 is 15.6 Å². The van der Waals surface area contributed by atoms with E-state index >= 15 is 0 Å². The Labute approximate surface area is 505 Å². The second kappa shape index (κ2) is 54.2. The summed E-state index contributed by atoms with van der Waals surface area (Å²) in [5.74, 6) is 0.803. The van der Waals surface area contributed by atoms with Gasteiger partial charge in [0.15, 0.2) is 12.2 Å². The maximum Gasteiger partial charge on any atom is 0.472 e. The molecule has 0 aliphatic rings. The minimum atomic E-state index is -4.95. The number of ether oxygens (including phenoxy) is 4. The molecule has 0 rings (SSSR count). The highest BCUT2D eigenvalue weighted by Crippen LogP contribution is 2.45. The van der Waals surface area contributed by atoms with E-state index in [1.165, 1.54) is 103 Å². The van der Waals surface area contributed by atoms with E-state index in [0.29, 0.717) is 31.6 Å². The van der Waals surface area contributed by atoms with Gasteiger partial charge in [-0.3, -0.25) is 37.3 Å². The van der Waals surface area contributed by atoms with E-state index in [-0.39, 0.29) is 25.7 Å². The lowest BCUT2D eigenvalue weighted by Gasteiger charge is -2.21. The largest absolute Gasteiger partial charge is 0.472 e. The number of phosphoric ester groups is 2. The minimum Gasteiger partial charge on any atom is -0.462 e. The van der Waals surface area contributed by atoms with Crippen molar-refractivity contribution in [1.29, 1.82) is 0 Å². The Balaban J connectivity index is 5.27. The van der Waals surface area contributed by atoms with Crippen LogP contribution < -0.4 is 0 Å². The molecule has 5 unspecified atom stereocenters. The predicted molar refractivity (Wildman–Crippen MR) is 331 cm³/mol. The van der Waals surface area contributed by atoms with Gasteiger partial charge in [0.25, 0.3) is 0 Å². The van der Waals surface area contributed by atoms with Gasteiger partial charge >= 0.3 is 39.5 Å². The van der Waals surface area contributed by atoms with Gasteiger partial charge in [0.2, 0.25) is 0 Å². The molecule has 83 heavy (non-hydrogen) atoms. The summed E-state index contributed by atoms with van der Waals surface area (Å²) in [7, 11) is -9.89. The van der Waals surface area contributed by atoms with Crippen LogP contribution in [0, 0.1) is 23.7 Å². The van der Waals surface area contributed by atoms with Gasteiger partial charge < -0.3 is 33.8 Å². The highest BCUT2D eigenvalue weighted by molar-refractivity contribution is 7.47. The predicted octanol–water partition coefficient (Wildman–Crippen LogP) is 17.4. The Hall–Kier alpha value is -1.94. The first kappa shape index (κ1) is 81.1. The van der Waals surface area contributed by atoms with E-state index < -0.39 is 97.5 Å². The van der Waals surface area contributed by atoms with Gasteiger partial charge in [-0.25, -0.2) is 9.13 Å². The molecular weight excluding hydrogens is 1100 g/mol. The zero-order valence-corrected chi connectivity index (χ0v) is 55.6. The average molecular weight is 1230 g/mol. The Morgan fingerprint density at radius 1 is 0.337 bits per heavy atom. The average Bonchev–Trinajstić information content (AvgIpc) is 3.47. The van der Waals surface area contributed by atoms with E-state index in [4.69, 9.17) is 37.0 Å². The lowest BCUT2D eigenvalue weighted by molar-refractivity contribution is -0.161. The molecule has 0 bridgehead atoms. The number of hydrogen-bond donors (Lipinski definition) is 3. The zero-order valence-electron chi connectivity index (χ0n) is 53.8. The van der Waals surface area contributed by atoms with Crippen LogP contribution in [0.25, 0.3) is 0 Å². The fourth-order valence-corrected chi connectivity index (χ4v) is 10.9. The van der Waals surface area contributed by atoms with Gasteiger partial charge in [0, 0.05) is 25.7 Å². The van der Waals surface area contributed by atoms with Crippen molar-refractivity contribution in [1.82, 2.24) is 0 Å². The third kappa shape index (κ3) is 55.1. The van der Waals surface area contributed by atoms with Crippen LogP contribution in [-0.2, 0) is 65.4 Å². The standard InChI is InChI=1S/C64H124O17P2/c1-9-55(6)41-33-25-16-12-14-18-28-36-44-61(66)74-50-59(80-63(68)46-38-30-19-15-13-17-26-34-42-56(7)10-2)52-78-82(70,71)76-48-58(65)49-77-83(72,73)79-53-60(51-75-62(67)45-37-29-22-20-24-32-40-54(4)5)81-64(69)47-39-31-23-21-27-35-43-57(8)11-3/h54-60,65H,9-53H2,1-8H3,(H,70,71)(H,72,73)/t55?,56?,57?,58-,59-,60-/m1/s1. The van der Waals surface area contributed by atoms with Crippen molar-refractivity contribution in [3.05, 3.63) is 0 Å². The van der Waals surface area contributed by atoms with Crippen LogP contribution in [-0.4, -0.2) is 96.7 Å². The van der Waals surface area contributed by atoms with Crippen molar-refractivity contribution in [2.75, 3.05) is 39.6 Å². The highest BCUT2D eigenvalue weighted by atomic mass is 31.2. The van der Waals surface area contributed by atoms with Gasteiger partial charge in [-0.05, 0) is 49.4 Å². The lowest BCUT2D eigenvalue weighted by atomic mass is 9.99. The molecule has 19 heteroatoms. The number of esters is 4. The van der Waals surface area contributed by atoms with Crippen LogP contribution in [0.1, 0.15) is 306 Å². The third-order valence-electron chi connectivity index (χ3n) is 15.7. The lowest BCUT2D eigenvalue weighted by Crippen LogP contribution is -2.30. The minimum absolute atomic E-state index is 0.101. The Bertz CT molecular complexity index is 1670. The van der Waals surface area contributed by atoms with Crippen LogP contribution in [0.4, 0.5) is 0 Å². The number of unbranched alkanes of at least 4 members (excludes halogenated alkanes) is 24. The molecule has 0 spiro atoms. The quantitative estimate of drug-likeness (QED) is 0.0222. The Morgan fingerprint density at radius 2 is 0.578 bits per heavy atom. The summed E-state index contributed by atoms with van der Waals surface area (Å²) < 4.78 is 68.0. The number of aliphatic hydroxyl groups excluding tert-OH is 1. The second-order valence-corrected chi connectivity index (χ2v) is 27.3. The molecule has 3 N–H and O–H groups in total. The third-order valence-corrected chi connectivity index (χ3v) is 17.6. The van der Waals surface area contributed by atoms with Gasteiger partial charge in [-0.15, -0.1) is 0 Å². The molecule has 0 saturated carbocycles. The summed E-state index contributed by atoms with van der Waals surface area (Å²) in [4.78, 5) is 72.2. The number of phosphoric acid groups is 2. The summed E-state index contributed by atoms with van der Waals surface area (Å²) >= 11 is 0. The van der Waals surface area contributed by atoms with Gasteiger partial charge in [0.1, 0.15) is 19.3 Å². The Morgan fingerprint density at radius 3 is 0.855 bits per heavy atom. The Kier molecular flexibility index (Phi) is 53.0. The van der Waals surface area contributed by atoms with Gasteiger partial charge in [-0.2, -0.15) is 0 Å². The molecule has 17 nitrogen and oxygen atoms in total. The summed E-state index contributed by atoms with van der Waals surface area (Å²) in [5, 5.41) is 10.5. The topological polar surface area (TPSA) is 237 Å². The van der Waals surface area contributed by atoms with Crippen LogP contribution in [0.2, 0.25) is 0 Å². The number of hydrogen-bond acceptors (Lipinski definition) is 15. The van der Waals surface area contributed by atoms with Crippen LogP contribution in [0.5, 0.6) is 0 Å². The maximum absolute atomic E-state index is 13.0. The van der Waals surface area contributed by atoms with Crippen molar-refractivity contribution >= 4 is 39.5 Å². The number of aliphatic hydroxyl groups is 1. The second-order valence-electron chi connectivity index (χ2n) is 24.4. The molecule has 0 fully saturated rings. The molecule has 0 amide bonds. The molecule has 0 heterocycles. The SMILES string of the molecule is CCC(C)CCCCCCCCCCC(=O)OC[C@H](COP(=O)(O)OC[C@@H](O)COP(=O)(O)OC[C@@H](COC(=O)CCCCCCCCC(C)C)OC(=O)CCCCCCCCC(C)CC)OC(=O)CCCCCCCCCCC(C)CC. The fraction of sp³-hybridized carbons (Fsp3) is 0.938. The highest BCUT2D eigenvalue weighted by Gasteiger charge is 2.30. The molecule has 0 radical (unpaired) electrons. The normalized spacial score (nSPS) is 15.4. The number of rotatable bonds is 61. The summed E-state index contributed by atoms with van der Waals surface area (Å²) in [6, 6.07) is 0. The zero-order chi connectivity index (χ0) is 61.8. The molecule has 0 aromatic heterocycles. The monoisotopic (exact) mass is 1230 g/mol.